The van der Waals surface area contributed by atoms with Crippen molar-refractivity contribution >= 4 is 29.9 Å². The van der Waals surface area contributed by atoms with Crippen LogP contribution in [0.1, 0.15) is 22.8 Å². The van der Waals surface area contributed by atoms with E-state index in [9.17, 15) is 4.79 Å². The summed E-state index contributed by atoms with van der Waals surface area (Å²) in [5.41, 5.74) is 1.70. The van der Waals surface area contributed by atoms with E-state index in [0.29, 0.717) is 16.6 Å². The van der Waals surface area contributed by atoms with Gasteiger partial charge in [-0.3, -0.25) is 4.79 Å². The van der Waals surface area contributed by atoms with Gasteiger partial charge in [-0.15, -0.1) is 12.4 Å². The molecule has 0 aromatic heterocycles. The molecular weight excluding hydrogens is 271 g/mol. The van der Waals surface area contributed by atoms with Crippen molar-refractivity contribution in [1.29, 1.82) is 0 Å². The van der Waals surface area contributed by atoms with Crippen LogP contribution in [0.25, 0.3) is 0 Å². The largest absolute Gasteiger partial charge is 0.336 e. The molecule has 5 heteroatoms. The van der Waals surface area contributed by atoms with Gasteiger partial charge in [0.1, 0.15) is 0 Å². The number of hydrogen-bond acceptors (Lipinski definition) is 2. The van der Waals surface area contributed by atoms with E-state index in [0.717, 1.165) is 25.2 Å². The van der Waals surface area contributed by atoms with E-state index < -0.39 is 0 Å². The van der Waals surface area contributed by atoms with Crippen LogP contribution in [0.2, 0.25) is 5.02 Å². The number of carbonyl (C=O) groups excluding carboxylic acids is 1. The Morgan fingerprint density at radius 3 is 2.78 bits per heavy atom. The van der Waals surface area contributed by atoms with Crippen molar-refractivity contribution in [3.63, 3.8) is 0 Å². The fourth-order valence-electron chi connectivity index (χ4n) is 2.16. The van der Waals surface area contributed by atoms with Crippen molar-refractivity contribution in [3.05, 3.63) is 34.3 Å². The predicted molar refractivity (Wildman–Crippen MR) is 76.8 cm³/mol. The number of nitrogens with one attached hydrogen (secondary N) is 1. The Kier molecular flexibility index (Phi) is 5.45. The topological polar surface area (TPSA) is 32.3 Å². The molecule has 1 fully saturated rings. The summed E-state index contributed by atoms with van der Waals surface area (Å²) in [5, 5.41) is 3.94. The van der Waals surface area contributed by atoms with Crippen molar-refractivity contribution in [2.45, 2.75) is 19.9 Å². The third-order valence-corrected chi connectivity index (χ3v) is 3.16. The van der Waals surface area contributed by atoms with E-state index >= 15 is 0 Å². The molecule has 0 aliphatic carbocycles. The molecule has 0 radical (unpaired) electrons. The summed E-state index contributed by atoms with van der Waals surface area (Å²) in [5.74, 6) is 0.0731. The van der Waals surface area contributed by atoms with Crippen molar-refractivity contribution in [2.75, 3.05) is 19.6 Å². The Balaban J connectivity index is 0.00000162. The van der Waals surface area contributed by atoms with Crippen molar-refractivity contribution in [3.8, 4) is 0 Å². The van der Waals surface area contributed by atoms with Crippen LogP contribution in [-0.2, 0) is 0 Å². The molecule has 100 valence electrons. The molecule has 0 bridgehead atoms. The molecule has 1 aliphatic rings. The average Bonchev–Trinajstić information content (AvgIpc) is 2.26. The van der Waals surface area contributed by atoms with E-state index in [4.69, 9.17) is 11.6 Å². The number of halogens is 2. The Bertz CT molecular complexity index is 417. The molecule has 1 unspecified atom stereocenters. The summed E-state index contributed by atoms with van der Waals surface area (Å²) in [6.07, 6.45) is 0. The first-order valence-corrected chi connectivity index (χ1v) is 6.24. The molecule has 0 saturated carbocycles. The third kappa shape index (κ3) is 3.61. The van der Waals surface area contributed by atoms with E-state index in [1.165, 1.54) is 0 Å². The van der Waals surface area contributed by atoms with Crippen LogP contribution in [-0.4, -0.2) is 36.5 Å². The van der Waals surface area contributed by atoms with Crippen LogP contribution in [0, 0.1) is 6.92 Å². The monoisotopic (exact) mass is 288 g/mol. The zero-order valence-corrected chi connectivity index (χ0v) is 12.1. The lowest BCUT2D eigenvalue weighted by Crippen LogP contribution is -2.51. The number of piperazine rings is 1. The van der Waals surface area contributed by atoms with Crippen LogP contribution in [0.5, 0.6) is 0 Å². The first-order chi connectivity index (χ1) is 8.06. The number of nitrogens with zero attached hydrogens (tertiary/aromatic N) is 1. The molecule has 18 heavy (non-hydrogen) atoms. The van der Waals surface area contributed by atoms with Gasteiger partial charge in [-0.2, -0.15) is 0 Å². The van der Waals surface area contributed by atoms with Crippen LogP contribution >= 0.6 is 24.0 Å². The maximum Gasteiger partial charge on any atom is 0.254 e. The van der Waals surface area contributed by atoms with Gasteiger partial charge in [0.05, 0.1) is 0 Å². The Morgan fingerprint density at radius 2 is 2.17 bits per heavy atom. The highest BCUT2D eigenvalue weighted by atomic mass is 35.5. The maximum absolute atomic E-state index is 12.3. The minimum atomic E-state index is 0. The lowest BCUT2D eigenvalue weighted by molar-refractivity contribution is 0.0709. The maximum atomic E-state index is 12.3. The summed E-state index contributed by atoms with van der Waals surface area (Å²) < 4.78 is 0. The lowest BCUT2D eigenvalue weighted by atomic mass is 10.1. The van der Waals surface area contributed by atoms with E-state index in [2.05, 4.69) is 12.2 Å². The highest BCUT2D eigenvalue weighted by Crippen LogP contribution is 2.16. The molecule has 2 rings (SSSR count). The molecule has 1 amide bonds. The standard InChI is InChI=1S/C13H17ClN2O.ClH/c1-9-5-11(7-12(14)6-9)13(17)16-4-3-15-10(2)8-16;/h5-7,10,15H,3-4,8H2,1-2H3;1H. The molecule has 0 spiro atoms. The highest BCUT2D eigenvalue weighted by molar-refractivity contribution is 6.31. The summed E-state index contributed by atoms with van der Waals surface area (Å²) in [4.78, 5) is 14.2. The molecule has 1 aromatic carbocycles. The highest BCUT2D eigenvalue weighted by Gasteiger charge is 2.21. The van der Waals surface area contributed by atoms with Crippen LogP contribution < -0.4 is 5.32 Å². The van der Waals surface area contributed by atoms with Gasteiger partial charge in [0.15, 0.2) is 0 Å². The quantitative estimate of drug-likeness (QED) is 0.861. The molecule has 1 N–H and O–H groups in total. The number of amides is 1. The van der Waals surface area contributed by atoms with Gasteiger partial charge in [-0.25, -0.2) is 0 Å². The van der Waals surface area contributed by atoms with Gasteiger partial charge in [0.25, 0.3) is 5.91 Å². The van der Waals surface area contributed by atoms with Gasteiger partial charge in [0.2, 0.25) is 0 Å². The number of rotatable bonds is 1. The minimum absolute atomic E-state index is 0. The first-order valence-electron chi connectivity index (χ1n) is 5.86. The first kappa shape index (κ1) is 15.3. The second kappa shape index (κ2) is 6.41. The van der Waals surface area contributed by atoms with Gasteiger partial charge in [0, 0.05) is 36.3 Å². The molecule has 1 aromatic rings. The SMILES string of the molecule is Cc1cc(Cl)cc(C(=O)N2CCNC(C)C2)c1.Cl. The number of benzene rings is 1. The fraction of sp³-hybridized carbons (Fsp3) is 0.462. The zero-order valence-electron chi connectivity index (χ0n) is 10.6. The summed E-state index contributed by atoms with van der Waals surface area (Å²) in [6.45, 7) is 6.40. The van der Waals surface area contributed by atoms with Crippen LogP contribution in [0.4, 0.5) is 0 Å². The smallest absolute Gasteiger partial charge is 0.254 e. The fourth-order valence-corrected chi connectivity index (χ4v) is 2.45. The van der Waals surface area contributed by atoms with E-state index in [-0.39, 0.29) is 18.3 Å². The molecule has 1 saturated heterocycles. The van der Waals surface area contributed by atoms with E-state index in [1.807, 2.05) is 24.0 Å². The van der Waals surface area contributed by atoms with Crippen molar-refractivity contribution in [1.82, 2.24) is 10.2 Å². The number of hydrogen-bond donors (Lipinski definition) is 1. The summed E-state index contributed by atoms with van der Waals surface area (Å²) in [6, 6.07) is 5.84. The molecular formula is C13H18Cl2N2O. The zero-order chi connectivity index (χ0) is 12.4. The van der Waals surface area contributed by atoms with Gasteiger partial charge >= 0.3 is 0 Å². The molecule has 1 heterocycles. The Morgan fingerprint density at radius 1 is 1.44 bits per heavy atom. The second-order valence-corrected chi connectivity index (χ2v) is 5.06. The normalized spacial score (nSPS) is 19.3. The lowest BCUT2D eigenvalue weighted by Gasteiger charge is -2.32. The summed E-state index contributed by atoms with van der Waals surface area (Å²) >= 11 is 5.98. The molecule has 1 aliphatic heterocycles. The second-order valence-electron chi connectivity index (χ2n) is 4.62. The van der Waals surface area contributed by atoms with Crippen LogP contribution in [0.15, 0.2) is 18.2 Å². The van der Waals surface area contributed by atoms with Gasteiger partial charge in [-0.05, 0) is 37.6 Å². The minimum Gasteiger partial charge on any atom is -0.336 e. The summed E-state index contributed by atoms with van der Waals surface area (Å²) in [7, 11) is 0. The molecule has 3 nitrogen and oxygen atoms in total. The number of carbonyl (C=O) groups is 1. The van der Waals surface area contributed by atoms with Crippen LogP contribution in [0.3, 0.4) is 0 Å². The Labute approximate surface area is 119 Å². The van der Waals surface area contributed by atoms with Gasteiger partial charge in [-0.1, -0.05) is 11.6 Å². The number of aryl methyl sites for hydroxylation is 1. The predicted octanol–water partition coefficient (Wildman–Crippen LogP) is 2.50. The van der Waals surface area contributed by atoms with Crippen molar-refractivity contribution in [2.24, 2.45) is 0 Å². The van der Waals surface area contributed by atoms with Crippen molar-refractivity contribution < 1.29 is 4.79 Å². The third-order valence-electron chi connectivity index (χ3n) is 2.95. The average molecular weight is 289 g/mol. The molecule has 1 atom stereocenters. The van der Waals surface area contributed by atoms with E-state index in [1.54, 1.807) is 6.07 Å². The Hall–Kier alpha value is -0.770. The van der Waals surface area contributed by atoms with Gasteiger partial charge < -0.3 is 10.2 Å².